The summed E-state index contributed by atoms with van der Waals surface area (Å²) in [5.41, 5.74) is 9.07. The molecule has 1 aromatic carbocycles. The summed E-state index contributed by atoms with van der Waals surface area (Å²) in [5.74, 6) is 1.51. The summed E-state index contributed by atoms with van der Waals surface area (Å²) < 4.78 is 12.2. The molecule has 0 bridgehead atoms. The highest BCUT2D eigenvalue weighted by Gasteiger charge is 2.17. The summed E-state index contributed by atoms with van der Waals surface area (Å²) in [6, 6.07) is 5.71. The van der Waals surface area contributed by atoms with Crippen molar-refractivity contribution in [1.82, 2.24) is 19.5 Å². The van der Waals surface area contributed by atoms with Crippen molar-refractivity contribution in [3.8, 4) is 17.3 Å². The highest BCUT2D eigenvalue weighted by Crippen LogP contribution is 2.29. The second-order valence-corrected chi connectivity index (χ2v) is 4.51. The van der Waals surface area contributed by atoms with Crippen molar-refractivity contribution < 1.29 is 9.47 Å². The zero-order valence-corrected chi connectivity index (χ0v) is 12.0. The van der Waals surface area contributed by atoms with Crippen molar-refractivity contribution in [2.75, 3.05) is 20.0 Å². The van der Waals surface area contributed by atoms with Gasteiger partial charge < -0.3 is 15.2 Å². The Hall–Kier alpha value is -2.83. The third-order valence-corrected chi connectivity index (χ3v) is 3.27. The molecule has 0 radical (unpaired) electrons. The molecule has 0 atom stereocenters. The fourth-order valence-electron chi connectivity index (χ4n) is 2.28. The topological polar surface area (TPSA) is 88.1 Å². The number of hydrogen-bond acceptors (Lipinski definition) is 6. The molecule has 21 heavy (non-hydrogen) atoms. The van der Waals surface area contributed by atoms with Crippen LogP contribution in [0.5, 0.6) is 11.6 Å². The van der Waals surface area contributed by atoms with Crippen LogP contribution in [0.3, 0.4) is 0 Å². The second kappa shape index (κ2) is 4.93. The van der Waals surface area contributed by atoms with Crippen molar-refractivity contribution in [3.63, 3.8) is 0 Å². The molecule has 0 saturated heterocycles. The van der Waals surface area contributed by atoms with Crippen LogP contribution in [-0.4, -0.2) is 33.7 Å². The van der Waals surface area contributed by atoms with E-state index in [9.17, 15) is 0 Å². The van der Waals surface area contributed by atoms with Crippen molar-refractivity contribution in [2.24, 2.45) is 0 Å². The third kappa shape index (κ3) is 2.03. The van der Waals surface area contributed by atoms with Crippen LogP contribution in [0.25, 0.3) is 16.9 Å². The highest BCUT2D eigenvalue weighted by molar-refractivity contribution is 5.81. The van der Waals surface area contributed by atoms with E-state index in [4.69, 9.17) is 15.2 Å². The molecule has 0 spiro atoms. The van der Waals surface area contributed by atoms with Crippen molar-refractivity contribution in [1.29, 1.82) is 0 Å². The van der Waals surface area contributed by atoms with Crippen LogP contribution in [0.2, 0.25) is 0 Å². The second-order valence-electron chi connectivity index (χ2n) is 4.51. The number of nitrogens with zero attached hydrogens (tertiary/aromatic N) is 4. The quantitative estimate of drug-likeness (QED) is 0.788. The molecular weight excluding hydrogens is 270 g/mol. The molecular formula is C14H15N5O2. The Morgan fingerprint density at radius 2 is 1.95 bits per heavy atom. The van der Waals surface area contributed by atoms with Gasteiger partial charge in [-0.2, -0.15) is 4.98 Å². The number of aryl methyl sites for hydroxylation is 1. The first kappa shape index (κ1) is 13.2. The van der Waals surface area contributed by atoms with E-state index in [1.807, 2.05) is 25.1 Å². The Kier molecular flexibility index (Phi) is 3.09. The molecule has 0 aliphatic heterocycles. The van der Waals surface area contributed by atoms with Crippen LogP contribution < -0.4 is 15.2 Å². The standard InChI is InChI=1S/C14H15N5O2/c1-8-6-9(20-2)4-5-10(8)19-12-11(18-14(19)15)13(21-3)17-7-16-12/h4-7H,1-3H3,(H2,15,18). The van der Waals surface area contributed by atoms with Crippen LogP contribution in [0, 0.1) is 6.92 Å². The van der Waals surface area contributed by atoms with Gasteiger partial charge in [-0.15, -0.1) is 0 Å². The van der Waals surface area contributed by atoms with Gasteiger partial charge in [0.15, 0.2) is 11.2 Å². The molecule has 0 amide bonds. The van der Waals surface area contributed by atoms with Gasteiger partial charge in [0.25, 0.3) is 0 Å². The van der Waals surface area contributed by atoms with Gasteiger partial charge in [-0.05, 0) is 30.7 Å². The predicted octanol–water partition coefficient (Wildman–Crippen LogP) is 1.72. The Morgan fingerprint density at radius 3 is 2.62 bits per heavy atom. The van der Waals surface area contributed by atoms with Gasteiger partial charge >= 0.3 is 0 Å². The summed E-state index contributed by atoms with van der Waals surface area (Å²) in [5, 5.41) is 0. The average molecular weight is 285 g/mol. The molecule has 3 aromatic rings. The highest BCUT2D eigenvalue weighted by atomic mass is 16.5. The SMILES string of the molecule is COc1ccc(-n2c(N)nc3c(OC)ncnc32)c(C)c1. The van der Waals surface area contributed by atoms with Gasteiger partial charge in [-0.3, -0.25) is 4.57 Å². The first-order chi connectivity index (χ1) is 10.2. The van der Waals surface area contributed by atoms with Gasteiger partial charge in [0.1, 0.15) is 12.1 Å². The van der Waals surface area contributed by atoms with E-state index in [1.54, 1.807) is 11.7 Å². The maximum atomic E-state index is 6.05. The van der Waals surface area contributed by atoms with E-state index >= 15 is 0 Å². The minimum atomic E-state index is 0.331. The fourth-order valence-corrected chi connectivity index (χ4v) is 2.28. The Balaban J connectivity index is 2.28. The Bertz CT molecular complexity index is 812. The molecule has 7 heteroatoms. The molecule has 7 nitrogen and oxygen atoms in total. The van der Waals surface area contributed by atoms with E-state index in [0.29, 0.717) is 23.0 Å². The molecule has 2 N–H and O–H groups in total. The summed E-state index contributed by atoms with van der Waals surface area (Å²) in [7, 11) is 3.17. The van der Waals surface area contributed by atoms with Crippen LogP contribution in [0.1, 0.15) is 5.56 Å². The van der Waals surface area contributed by atoms with Gasteiger partial charge in [-0.1, -0.05) is 0 Å². The van der Waals surface area contributed by atoms with E-state index < -0.39 is 0 Å². The molecule has 0 unspecified atom stereocenters. The molecule has 0 aliphatic carbocycles. The minimum absolute atomic E-state index is 0.331. The smallest absolute Gasteiger partial charge is 0.245 e. The number of fused-ring (bicyclic) bond motifs is 1. The first-order valence-electron chi connectivity index (χ1n) is 6.33. The predicted molar refractivity (Wildman–Crippen MR) is 78.9 cm³/mol. The molecule has 2 aromatic heterocycles. The first-order valence-corrected chi connectivity index (χ1v) is 6.33. The number of nitrogen functional groups attached to an aromatic ring is 1. The van der Waals surface area contributed by atoms with E-state index in [2.05, 4.69) is 15.0 Å². The third-order valence-electron chi connectivity index (χ3n) is 3.27. The summed E-state index contributed by atoms with van der Waals surface area (Å²) in [6.45, 7) is 1.97. The van der Waals surface area contributed by atoms with Gasteiger partial charge in [0, 0.05) is 0 Å². The minimum Gasteiger partial charge on any atom is -0.497 e. The maximum absolute atomic E-state index is 6.05. The summed E-state index contributed by atoms with van der Waals surface area (Å²) in [6.07, 6.45) is 1.43. The molecule has 2 heterocycles. The van der Waals surface area contributed by atoms with E-state index in [0.717, 1.165) is 17.0 Å². The molecule has 108 valence electrons. The number of methoxy groups -OCH3 is 2. The largest absolute Gasteiger partial charge is 0.497 e. The Morgan fingerprint density at radius 1 is 1.14 bits per heavy atom. The summed E-state index contributed by atoms with van der Waals surface area (Å²) in [4.78, 5) is 12.6. The number of hydrogen-bond donors (Lipinski definition) is 1. The zero-order valence-electron chi connectivity index (χ0n) is 12.0. The van der Waals surface area contributed by atoms with Crippen molar-refractivity contribution >= 4 is 17.1 Å². The number of benzene rings is 1. The lowest BCUT2D eigenvalue weighted by molar-refractivity contribution is 0.401. The monoisotopic (exact) mass is 285 g/mol. The van der Waals surface area contributed by atoms with Crippen molar-refractivity contribution in [2.45, 2.75) is 6.92 Å². The van der Waals surface area contributed by atoms with Crippen LogP contribution >= 0.6 is 0 Å². The molecule has 3 rings (SSSR count). The normalized spacial score (nSPS) is 10.8. The number of ether oxygens (including phenoxy) is 2. The number of nitrogens with two attached hydrogens (primary N) is 1. The molecule has 0 saturated carbocycles. The molecule has 0 fully saturated rings. The van der Waals surface area contributed by atoms with Gasteiger partial charge in [0.05, 0.1) is 19.9 Å². The Labute approximate surface area is 121 Å². The average Bonchev–Trinajstić information content (AvgIpc) is 2.83. The van der Waals surface area contributed by atoms with Gasteiger partial charge in [0.2, 0.25) is 11.8 Å². The lowest BCUT2D eigenvalue weighted by atomic mass is 10.2. The summed E-state index contributed by atoms with van der Waals surface area (Å²) >= 11 is 0. The zero-order chi connectivity index (χ0) is 15.0. The van der Waals surface area contributed by atoms with Crippen LogP contribution in [-0.2, 0) is 0 Å². The maximum Gasteiger partial charge on any atom is 0.245 e. The van der Waals surface area contributed by atoms with Crippen molar-refractivity contribution in [3.05, 3.63) is 30.1 Å². The van der Waals surface area contributed by atoms with Crippen LogP contribution in [0.15, 0.2) is 24.5 Å². The van der Waals surface area contributed by atoms with Crippen LogP contribution in [0.4, 0.5) is 5.95 Å². The number of aromatic nitrogens is 4. The number of rotatable bonds is 3. The lowest BCUT2D eigenvalue weighted by Crippen LogP contribution is -2.03. The number of anilines is 1. The molecule has 0 aliphatic rings. The van der Waals surface area contributed by atoms with Gasteiger partial charge in [-0.25, -0.2) is 9.97 Å². The fraction of sp³-hybridized carbons (Fsp3) is 0.214. The van der Waals surface area contributed by atoms with E-state index in [1.165, 1.54) is 13.4 Å². The number of imidazole rings is 1. The lowest BCUT2D eigenvalue weighted by Gasteiger charge is -2.10. The van der Waals surface area contributed by atoms with E-state index in [-0.39, 0.29) is 0 Å².